The van der Waals surface area contributed by atoms with E-state index in [2.05, 4.69) is 10.1 Å². The van der Waals surface area contributed by atoms with Crippen LogP contribution in [0, 0.1) is 5.21 Å². The van der Waals surface area contributed by atoms with Gasteiger partial charge in [-0.15, -0.1) is 5.10 Å². The molecule has 1 N–H and O–H groups in total. The Bertz CT molecular complexity index is 1100. The average molecular weight is 391 g/mol. The molecule has 0 radical (unpaired) electrons. The van der Waals surface area contributed by atoms with Gasteiger partial charge in [-0.1, -0.05) is 18.2 Å². The van der Waals surface area contributed by atoms with Gasteiger partial charge in [-0.2, -0.15) is 0 Å². The molecule has 0 fully saturated rings. The van der Waals surface area contributed by atoms with Crippen molar-refractivity contribution in [3.8, 4) is 11.6 Å². The lowest BCUT2D eigenvalue weighted by Gasteiger charge is -2.21. The van der Waals surface area contributed by atoms with Crippen LogP contribution in [0.2, 0.25) is 0 Å². The summed E-state index contributed by atoms with van der Waals surface area (Å²) in [7, 11) is 1.62. The van der Waals surface area contributed by atoms with Crippen LogP contribution in [0.3, 0.4) is 0 Å². The number of rotatable bonds is 7. The van der Waals surface area contributed by atoms with Gasteiger partial charge in [0.05, 0.1) is 35.9 Å². The standard InChI is InChI=1S/C21H19N4O4/c1-28-18-8-5-15(6-9-18)13-24-20-10-7-17(25(26)27)12-19(20)21(23-24)29-14-16-4-2-3-11-22-16/h2-12,26H,13-14H2,1H3/q-1. The minimum Gasteiger partial charge on any atom is -0.733 e. The number of hydrogen-bond donors (Lipinski definition) is 1. The molecule has 0 aliphatic heterocycles. The van der Waals surface area contributed by atoms with Crippen molar-refractivity contribution in [2.75, 3.05) is 12.3 Å². The molecule has 0 atom stereocenters. The lowest BCUT2D eigenvalue weighted by Crippen LogP contribution is -2.06. The highest BCUT2D eigenvalue weighted by atomic mass is 16.8. The van der Waals surface area contributed by atoms with Crippen LogP contribution < -0.4 is 14.7 Å². The first kappa shape index (κ1) is 18.7. The van der Waals surface area contributed by atoms with Gasteiger partial charge in [0, 0.05) is 6.20 Å². The van der Waals surface area contributed by atoms with Gasteiger partial charge in [-0.3, -0.25) is 14.9 Å². The second-order valence-corrected chi connectivity index (χ2v) is 6.40. The zero-order valence-electron chi connectivity index (χ0n) is 15.7. The molecule has 0 bridgehead atoms. The van der Waals surface area contributed by atoms with E-state index >= 15 is 0 Å². The summed E-state index contributed by atoms with van der Waals surface area (Å²) in [6.07, 6.45) is 1.69. The molecule has 0 saturated heterocycles. The van der Waals surface area contributed by atoms with Gasteiger partial charge in [-0.25, -0.2) is 0 Å². The number of pyridine rings is 1. The molecule has 0 spiro atoms. The monoisotopic (exact) mass is 391 g/mol. The summed E-state index contributed by atoms with van der Waals surface area (Å²) in [5, 5.41) is 25.6. The van der Waals surface area contributed by atoms with Gasteiger partial charge < -0.3 is 19.9 Å². The Morgan fingerprint density at radius 3 is 2.62 bits per heavy atom. The van der Waals surface area contributed by atoms with E-state index < -0.39 is 0 Å². The summed E-state index contributed by atoms with van der Waals surface area (Å²) in [6, 6.07) is 18.1. The van der Waals surface area contributed by atoms with E-state index in [1.54, 1.807) is 30.1 Å². The summed E-state index contributed by atoms with van der Waals surface area (Å²) < 4.78 is 12.9. The van der Waals surface area contributed by atoms with Gasteiger partial charge in [0.15, 0.2) is 0 Å². The third-order valence-corrected chi connectivity index (χ3v) is 4.50. The molecule has 2 aromatic heterocycles. The predicted octanol–water partition coefficient (Wildman–Crippen LogP) is 3.76. The average Bonchev–Trinajstić information content (AvgIpc) is 3.10. The molecule has 0 unspecified atom stereocenters. The molecule has 8 heteroatoms. The number of ether oxygens (including phenoxy) is 2. The van der Waals surface area contributed by atoms with E-state index in [-0.39, 0.29) is 17.5 Å². The highest BCUT2D eigenvalue weighted by Gasteiger charge is 2.14. The van der Waals surface area contributed by atoms with Crippen LogP contribution >= 0.6 is 0 Å². The number of fused-ring (bicyclic) bond motifs is 1. The highest BCUT2D eigenvalue weighted by Crippen LogP contribution is 2.30. The minimum atomic E-state index is -0.178. The third kappa shape index (κ3) is 4.13. The van der Waals surface area contributed by atoms with E-state index in [9.17, 15) is 10.4 Å². The summed E-state index contributed by atoms with van der Waals surface area (Å²) in [6.45, 7) is 0.743. The molecule has 0 amide bonds. The lowest BCUT2D eigenvalue weighted by molar-refractivity contribution is 0.288. The summed E-state index contributed by atoms with van der Waals surface area (Å²) in [5.74, 6) is 1.14. The van der Waals surface area contributed by atoms with Crippen molar-refractivity contribution in [2.24, 2.45) is 0 Å². The normalized spacial score (nSPS) is 10.9. The van der Waals surface area contributed by atoms with Crippen LogP contribution in [0.5, 0.6) is 11.6 Å². The number of anilines is 1. The van der Waals surface area contributed by atoms with E-state index in [1.165, 1.54) is 6.07 Å². The Kier molecular flexibility index (Phi) is 5.28. The fourth-order valence-electron chi connectivity index (χ4n) is 3.01. The van der Waals surface area contributed by atoms with Crippen molar-refractivity contribution in [2.45, 2.75) is 13.2 Å². The fourth-order valence-corrected chi connectivity index (χ4v) is 3.01. The molecule has 4 aromatic rings. The van der Waals surface area contributed by atoms with Crippen molar-refractivity contribution in [3.63, 3.8) is 0 Å². The number of hydrogen-bond acceptors (Lipinski definition) is 7. The molecule has 2 aromatic carbocycles. The Morgan fingerprint density at radius 1 is 1.10 bits per heavy atom. The topological polar surface area (TPSA) is 95.7 Å². The summed E-state index contributed by atoms with van der Waals surface area (Å²) >= 11 is 0. The number of methoxy groups -OCH3 is 1. The fraction of sp³-hybridized carbons (Fsp3) is 0.143. The molecule has 8 nitrogen and oxygen atoms in total. The largest absolute Gasteiger partial charge is 0.733 e. The minimum absolute atomic E-state index is 0.101. The maximum atomic E-state index is 11.3. The maximum Gasteiger partial charge on any atom is 0.241 e. The zero-order chi connectivity index (χ0) is 20.2. The molecule has 2 heterocycles. The molecule has 29 heavy (non-hydrogen) atoms. The van der Waals surface area contributed by atoms with Crippen molar-refractivity contribution in [3.05, 3.63) is 83.3 Å². The predicted molar refractivity (Wildman–Crippen MR) is 108 cm³/mol. The van der Waals surface area contributed by atoms with E-state index in [4.69, 9.17) is 9.47 Å². The zero-order valence-corrected chi connectivity index (χ0v) is 15.7. The number of aromatic nitrogens is 3. The van der Waals surface area contributed by atoms with Crippen molar-refractivity contribution in [1.29, 1.82) is 0 Å². The molecule has 148 valence electrons. The molecular weight excluding hydrogens is 372 g/mol. The van der Waals surface area contributed by atoms with Gasteiger partial charge in [0.1, 0.15) is 12.4 Å². The Morgan fingerprint density at radius 2 is 1.93 bits per heavy atom. The molecule has 0 aliphatic rings. The Labute approximate surface area is 167 Å². The first-order valence-electron chi connectivity index (χ1n) is 8.96. The van der Waals surface area contributed by atoms with Crippen LogP contribution in [0.25, 0.3) is 10.9 Å². The quantitative estimate of drug-likeness (QED) is 0.479. The molecule has 0 saturated carbocycles. The van der Waals surface area contributed by atoms with E-state index in [1.807, 2.05) is 42.5 Å². The smallest absolute Gasteiger partial charge is 0.241 e. The van der Waals surface area contributed by atoms with Crippen molar-refractivity contribution in [1.82, 2.24) is 14.8 Å². The summed E-state index contributed by atoms with van der Waals surface area (Å²) in [4.78, 5) is 4.24. The SMILES string of the molecule is COc1ccc(Cn2nc(OCc3ccccn3)c3cc(N([O-])O)ccc32)cc1. The highest BCUT2D eigenvalue weighted by molar-refractivity contribution is 5.88. The Hall–Kier alpha value is -3.62. The van der Waals surface area contributed by atoms with Crippen LogP contribution in [0.15, 0.2) is 66.9 Å². The van der Waals surface area contributed by atoms with Crippen LogP contribution in [0.4, 0.5) is 5.69 Å². The second kappa shape index (κ2) is 8.17. The van der Waals surface area contributed by atoms with Crippen molar-refractivity contribution >= 4 is 16.6 Å². The Balaban J connectivity index is 1.67. The molecular formula is C21H19N4O4-. The van der Waals surface area contributed by atoms with Gasteiger partial charge >= 0.3 is 0 Å². The van der Waals surface area contributed by atoms with Gasteiger partial charge in [-0.05, 0) is 48.0 Å². The van der Waals surface area contributed by atoms with Gasteiger partial charge in [0.25, 0.3) is 0 Å². The van der Waals surface area contributed by atoms with Crippen molar-refractivity contribution < 1.29 is 14.7 Å². The first-order chi connectivity index (χ1) is 14.1. The van der Waals surface area contributed by atoms with E-state index in [0.29, 0.717) is 17.8 Å². The van der Waals surface area contributed by atoms with Crippen LogP contribution in [0.1, 0.15) is 11.3 Å². The second-order valence-electron chi connectivity index (χ2n) is 6.40. The van der Waals surface area contributed by atoms with Crippen LogP contribution in [-0.2, 0) is 13.2 Å². The number of nitrogens with zero attached hydrogens (tertiary/aromatic N) is 4. The third-order valence-electron chi connectivity index (χ3n) is 4.50. The lowest BCUT2D eigenvalue weighted by atomic mass is 10.2. The number of benzene rings is 2. The maximum absolute atomic E-state index is 11.3. The van der Waals surface area contributed by atoms with Gasteiger partial charge in [0.2, 0.25) is 5.88 Å². The van der Waals surface area contributed by atoms with Crippen LogP contribution in [-0.4, -0.2) is 27.1 Å². The molecule has 0 aliphatic carbocycles. The molecule has 4 rings (SSSR count). The van der Waals surface area contributed by atoms with E-state index in [0.717, 1.165) is 22.5 Å². The summed E-state index contributed by atoms with van der Waals surface area (Å²) in [5.41, 5.74) is 2.67. The first-order valence-corrected chi connectivity index (χ1v) is 8.96.